The number of alkyl halides is 5. The average Bonchev–Trinajstić information content (AvgIpc) is 3.36. The van der Waals surface area contributed by atoms with E-state index in [1.54, 1.807) is 6.55 Å². The molecule has 0 spiro atoms. The summed E-state index contributed by atoms with van der Waals surface area (Å²) in [6.45, 7) is 3.61. The van der Waals surface area contributed by atoms with E-state index in [2.05, 4.69) is 0 Å². The zero-order chi connectivity index (χ0) is 29.5. The van der Waals surface area contributed by atoms with Crippen molar-refractivity contribution in [3.8, 4) is 17.1 Å². The Morgan fingerprint density at radius 3 is 2.33 bits per heavy atom. The fourth-order valence-corrected chi connectivity index (χ4v) is 5.58. The summed E-state index contributed by atoms with van der Waals surface area (Å²) >= 11 is 0. The molecule has 6 nitrogen and oxygen atoms in total. The molecular weight excluding hydrogens is 555 g/mol. The Hall–Kier alpha value is -2.70. The Morgan fingerprint density at radius 2 is 1.68 bits per heavy atom. The van der Waals surface area contributed by atoms with Crippen molar-refractivity contribution in [1.29, 1.82) is 0 Å². The molecule has 2 aromatic heterocycles. The number of furan rings is 1. The maximum atomic E-state index is 14.3. The number of hydrogen-bond donors (Lipinski definition) is 0. The number of aryl methyl sites for hydroxylation is 1. The van der Waals surface area contributed by atoms with E-state index in [1.165, 1.54) is 38.5 Å². The van der Waals surface area contributed by atoms with E-state index < -0.39 is 44.0 Å². The summed E-state index contributed by atoms with van der Waals surface area (Å²) in [5.41, 5.74) is -2.31. The summed E-state index contributed by atoms with van der Waals surface area (Å²) in [5, 5.41) is 0.342. The van der Waals surface area contributed by atoms with Crippen LogP contribution in [0.15, 0.2) is 44.0 Å². The van der Waals surface area contributed by atoms with Crippen molar-refractivity contribution < 1.29 is 44.4 Å². The van der Waals surface area contributed by atoms with Gasteiger partial charge in [-0.2, -0.15) is 13.2 Å². The van der Waals surface area contributed by atoms with Crippen LogP contribution in [0.5, 0.6) is 5.75 Å². The molecule has 0 aliphatic carbocycles. The predicted octanol–water partition coefficient (Wildman–Crippen LogP) is 8.00. The molecule has 222 valence electrons. The summed E-state index contributed by atoms with van der Waals surface area (Å²) in [7, 11) is 0.468. The standard InChI is InChI=1S/C28H35F5O6Si/c1-5-6-7-8-20-16-22(28(31,32)33)26(38-20)21-15-18-9-10-19(17-25(18)39-27(21)34)37-13-11-23(29)24(30)12-14-40(4,35-2)36-3/h9-10,15-17,23-24H,5-8,11-14H2,1-4H3. The van der Waals surface area contributed by atoms with E-state index in [9.17, 15) is 26.7 Å². The van der Waals surface area contributed by atoms with Crippen molar-refractivity contribution in [3.63, 3.8) is 0 Å². The Labute approximate surface area is 230 Å². The van der Waals surface area contributed by atoms with Gasteiger partial charge in [0.2, 0.25) is 0 Å². The third-order valence-corrected chi connectivity index (χ3v) is 9.78. The minimum absolute atomic E-state index is 0.0407. The van der Waals surface area contributed by atoms with Gasteiger partial charge < -0.3 is 22.4 Å². The predicted molar refractivity (Wildman–Crippen MR) is 143 cm³/mol. The van der Waals surface area contributed by atoms with Crippen molar-refractivity contribution in [2.24, 2.45) is 0 Å². The van der Waals surface area contributed by atoms with Gasteiger partial charge >= 0.3 is 20.4 Å². The highest BCUT2D eigenvalue weighted by molar-refractivity contribution is 6.65. The van der Waals surface area contributed by atoms with Gasteiger partial charge in [-0.1, -0.05) is 19.8 Å². The summed E-state index contributed by atoms with van der Waals surface area (Å²) in [4.78, 5) is 12.7. The SMILES string of the molecule is CCCCCc1cc(C(F)(F)F)c(-c2cc3ccc(OCCC(F)C(F)CC[Si](C)(OC)OC)cc3oc2=O)o1. The number of fused-ring (bicyclic) bond motifs is 1. The van der Waals surface area contributed by atoms with Gasteiger partial charge in [-0.15, -0.1) is 0 Å². The fraction of sp³-hybridized carbons (Fsp3) is 0.536. The smallest absolute Gasteiger partial charge is 0.420 e. The van der Waals surface area contributed by atoms with E-state index in [0.29, 0.717) is 24.3 Å². The van der Waals surface area contributed by atoms with Crippen LogP contribution in [0.4, 0.5) is 22.0 Å². The molecule has 40 heavy (non-hydrogen) atoms. The van der Waals surface area contributed by atoms with Gasteiger partial charge in [-0.25, -0.2) is 13.6 Å². The zero-order valence-corrected chi connectivity index (χ0v) is 24.0. The minimum Gasteiger partial charge on any atom is -0.493 e. The Morgan fingerprint density at radius 1 is 0.975 bits per heavy atom. The Bertz CT molecular complexity index is 1300. The Kier molecular flexibility index (Phi) is 11.0. The van der Waals surface area contributed by atoms with Crippen LogP contribution in [-0.4, -0.2) is 41.7 Å². The maximum absolute atomic E-state index is 14.3. The van der Waals surface area contributed by atoms with E-state index in [0.717, 1.165) is 18.9 Å². The lowest BCUT2D eigenvalue weighted by Crippen LogP contribution is -2.37. The lowest BCUT2D eigenvalue weighted by atomic mass is 10.1. The normalized spacial score (nSPS) is 14.0. The van der Waals surface area contributed by atoms with Crippen molar-refractivity contribution >= 4 is 19.5 Å². The highest BCUT2D eigenvalue weighted by Gasteiger charge is 2.38. The van der Waals surface area contributed by atoms with Crippen LogP contribution < -0.4 is 10.4 Å². The lowest BCUT2D eigenvalue weighted by Gasteiger charge is -2.24. The third-order valence-electron chi connectivity index (χ3n) is 6.86. The highest BCUT2D eigenvalue weighted by atomic mass is 28.4. The first-order valence-corrected chi connectivity index (χ1v) is 15.7. The quantitative estimate of drug-likeness (QED) is 0.0773. The molecule has 3 aromatic rings. The van der Waals surface area contributed by atoms with Crippen LogP contribution in [0.3, 0.4) is 0 Å². The monoisotopic (exact) mass is 590 g/mol. The van der Waals surface area contributed by atoms with Crippen LogP contribution in [0.2, 0.25) is 12.6 Å². The zero-order valence-electron chi connectivity index (χ0n) is 23.0. The molecule has 1 aromatic carbocycles. The van der Waals surface area contributed by atoms with Gasteiger partial charge in [0.05, 0.1) is 6.61 Å². The van der Waals surface area contributed by atoms with Gasteiger partial charge in [0, 0.05) is 38.5 Å². The second-order valence-corrected chi connectivity index (χ2v) is 13.4. The fourth-order valence-electron chi connectivity index (χ4n) is 4.20. The van der Waals surface area contributed by atoms with Gasteiger partial charge in [-0.05, 0) is 49.7 Å². The van der Waals surface area contributed by atoms with Crippen molar-refractivity contribution in [2.45, 2.75) is 76.6 Å². The second kappa shape index (κ2) is 13.8. The van der Waals surface area contributed by atoms with Crippen molar-refractivity contribution in [3.05, 3.63) is 52.1 Å². The van der Waals surface area contributed by atoms with Crippen molar-refractivity contribution in [1.82, 2.24) is 0 Å². The summed E-state index contributed by atoms with van der Waals surface area (Å²) < 4.78 is 96.7. The molecule has 0 aliphatic rings. The molecule has 2 atom stereocenters. The van der Waals surface area contributed by atoms with E-state index in [-0.39, 0.29) is 42.1 Å². The first kappa shape index (κ1) is 31.8. The van der Waals surface area contributed by atoms with Gasteiger partial charge in [-0.3, -0.25) is 0 Å². The molecule has 2 heterocycles. The molecule has 0 radical (unpaired) electrons. The first-order valence-electron chi connectivity index (χ1n) is 13.2. The molecule has 0 bridgehead atoms. The van der Waals surface area contributed by atoms with Crippen LogP contribution in [0.1, 0.15) is 50.4 Å². The van der Waals surface area contributed by atoms with Crippen LogP contribution in [0.25, 0.3) is 22.3 Å². The number of halogens is 5. The van der Waals surface area contributed by atoms with E-state index >= 15 is 0 Å². The number of unbranched alkanes of at least 4 members (excludes halogenated alkanes) is 2. The molecule has 0 amide bonds. The summed E-state index contributed by atoms with van der Waals surface area (Å²) in [6.07, 6.45) is -5.71. The third kappa shape index (κ3) is 8.17. The van der Waals surface area contributed by atoms with Crippen LogP contribution in [0, 0.1) is 0 Å². The largest absolute Gasteiger partial charge is 0.493 e. The topological polar surface area (TPSA) is 71.0 Å². The molecule has 0 fully saturated rings. The summed E-state index contributed by atoms with van der Waals surface area (Å²) in [6, 6.07) is 6.89. The lowest BCUT2D eigenvalue weighted by molar-refractivity contribution is -0.137. The molecule has 0 saturated carbocycles. The number of ether oxygens (including phenoxy) is 1. The first-order chi connectivity index (χ1) is 18.9. The van der Waals surface area contributed by atoms with Gasteiger partial charge in [0.1, 0.15) is 40.6 Å². The molecule has 3 rings (SSSR count). The number of hydrogen-bond acceptors (Lipinski definition) is 6. The number of rotatable bonds is 15. The molecule has 0 aliphatic heterocycles. The summed E-state index contributed by atoms with van der Waals surface area (Å²) in [5.74, 6) is -0.199. The molecule has 0 N–H and O–H groups in total. The van der Waals surface area contributed by atoms with Gasteiger partial charge in [0.25, 0.3) is 0 Å². The highest BCUT2D eigenvalue weighted by Crippen LogP contribution is 2.39. The second-order valence-electron chi connectivity index (χ2n) is 9.81. The van der Waals surface area contributed by atoms with Crippen LogP contribution >= 0.6 is 0 Å². The molecular formula is C28H35F5O6Si. The minimum atomic E-state index is -4.72. The van der Waals surface area contributed by atoms with E-state index in [1.807, 2.05) is 6.92 Å². The molecule has 12 heteroatoms. The van der Waals surface area contributed by atoms with Crippen LogP contribution in [-0.2, 0) is 21.4 Å². The average molecular weight is 591 g/mol. The van der Waals surface area contributed by atoms with Crippen molar-refractivity contribution in [2.75, 3.05) is 20.8 Å². The molecule has 2 unspecified atom stereocenters. The Balaban J connectivity index is 1.71. The number of benzene rings is 1. The van der Waals surface area contributed by atoms with Gasteiger partial charge in [0.15, 0.2) is 5.76 Å². The van der Waals surface area contributed by atoms with E-state index in [4.69, 9.17) is 22.4 Å². The maximum Gasteiger partial charge on any atom is 0.420 e. The molecule has 0 saturated heterocycles.